The van der Waals surface area contributed by atoms with Gasteiger partial charge in [0.15, 0.2) is 0 Å². The van der Waals surface area contributed by atoms with Crippen LogP contribution in [0.25, 0.3) is 0 Å². The Labute approximate surface area is 273 Å². The van der Waals surface area contributed by atoms with Crippen LogP contribution in [0.1, 0.15) is 72.1 Å². The van der Waals surface area contributed by atoms with Crippen molar-refractivity contribution in [3.05, 3.63) is 0 Å². The molecular formula is C28H51N9O10. The predicted octanol–water partition coefficient (Wildman–Crippen LogP) is -3.88. The van der Waals surface area contributed by atoms with Gasteiger partial charge in [-0.15, -0.1) is 0 Å². The first-order valence-corrected chi connectivity index (χ1v) is 15.4. The number of carboxylic acids is 2. The van der Waals surface area contributed by atoms with Gasteiger partial charge >= 0.3 is 11.9 Å². The molecule has 0 spiro atoms. The zero-order chi connectivity index (χ0) is 36.1. The van der Waals surface area contributed by atoms with Crippen LogP contribution in [0.2, 0.25) is 0 Å². The lowest BCUT2D eigenvalue weighted by Crippen LogP contribution is -2.56. The Bertz CT molecular complexity index is 1090. The Morgan fingerprint density at radius 1 is 0.574 bits per heavy atom. The third-order valence-corrected chi connectivity index (χ3v) is 6.78. The quantitative estimate of drug-likeness (QED) is 0.0437. The summed E-state index contributed by atoms with van der Waals surface area (Å²) in [6.07, 6.45) is 1.41. The number of aliphatic carboxylic acids is 2. The SMILES string of the molecule is C[C@H](N)C(=O)N[C@@H](C)C(=O)N[C@@H](CCCCN)C(=O)NCC(=O)N[C@@H](CCCCN)C(=O)N[C@@H](C)C(=O)N[C@@H](CCC(=O)O)C(=O)O. The molecule has 0 aromatic rings. The number of carbonyl (C=O) groups is 8. The summed E-state index contributed by atoms with van der Waals surface area (Å²) < 4.78 is 0. The lowest BCUT2D eigenvalue weighted by atomic mass is 10.1. The van der Waals surface area contributed by atoms with Crippen molar-refractivity contribution in [1.82, 2.24) is 31.9 Å². The highest BCUT2D eigenvalue weighted by atomic mass is 16.4. The van der Waals surface area contributed by atoms with Crippen LogP contribution in [0.4, 0.5) is 0 Å². The molecule has 19 nitrogen and oxygen atoms in total. The van der Waals surface area contributed by atoms with E-state index in [4.69, 9.17) is 22.3 Å². The van der Waals surface area contributed by atoms with Crippen LogP contribution in [0.3, 0.4) is 0 Å². The molecule has 0 aliphatic carbocycles. The van der Waals surface area contributed by atoms with Crippen LogP contribution in [0.15, 0.2) is 0 Å². The van der Waals surface area contributed by atoms with Gasteiger partial charge in [0.25, 0.3) is 0 Å². The van der Waals surface area contributed by atoms with Crippen LogP contribution in [-0.2, 0) is 38.4 Å². The highest BCUT2D eigenvalue weighted by Crippen LogP contribution is 2.05. The van der Waals surface area contributed by atoms with Gasteiger partial charge in [-0.25, -0.2) is 4.79 Å². The second-order valence-electron chi connectivity index (χ2n) is 11.0. The van der Waals surface area contributed by atoms with Crippen LogP contribution in [-0.4, -0.2) is 113 Å². The van der Waals surface area contributed by atoms with Crippen molar-refractivity contribution >= 4 is 47.4 Å². The number of hydrogen-bond acceptors (Lipinski definition) is 11. The standard InChI is InChI=1S/C28H51N9O10/c1-15(31)23(41)33-16(2)24(42)36-18(8-4-6-12-29)26(44)32-14-21(38)35-19(9-5-7-13-30)27(45)34-17(3)25(43)37-20(28(46)47)10-11-22(39)40/h15-20H,4-14,29-31H2,1-3H3,(H,32,44)(H,33,41)(H,34,45)(H,35,38)(H,36,42)(H,37,43)(H,39,40)(H,46,47)/t15-,16-,17-,18-,19-,20-/m0/s1. The molecule has 0 bridgehead atoms. The number of nitrogens with two attached hydrogens (primary N) is 3. The Morgan fingerprint density at radius 3 is 1.49 bits per heavy atom. The number of carboxylic acid groups (broad SMARTS) is 2. The summed E-state index contributed by atoms with van der Waals surface area (Å²) in [4.78, 5) is 97.9. The van der Waals surface area contributed by atoms with Crippen molar-refractivity contribution in [1.29, 1.82) is 0 Å². The molecule has 14 N–H and O–H groups in total. The third kappa shape index (κ3) is 18.4. The number of unbranched alkanes of at least 4 members (excludes halogenated alkanes) is 2. The summed E-state index contributed by atoms with van der Waals surface area (Å²) >= 11 is 0. The van der Waals surface area contributed by atoms with E-state index < -0.39 is 96.6 Å². The molecule has 0 rings (SSSR count). The molecule has 0 aromatic heterocycles. The Hall–Kier alpha value is -4.36. The van der Waals surface area contributed by atoms with E-state index in [1.165, 1.54) is 20.8 Å². The number of hydrogen-bond donors (Lipinski definition) is 11. The molecule has 0 aliphatic rings. The first-order valence-electron chi connectivity index (χ1n) is 15.4. The second-order valence-corrected chi connectivity index (χ2v) is 11.0. The van der Waals surface area contributed by atoms with Gasteiger partial charge in [0, 0.05) is 6.42 Å². The number of amides is 6. The predicted molar refractivity (Wildman–Crippen MR) is 168 cm³/mol. The Kier molecular flexibility index (Phi) is 20.9. The van der Waals surface area contributed by atoms with E-state index in [2.05, 4.69) is 31.9 Å². The minimum absolute atomic E-state index is 0.121. The van der Waals surface area contributed by atoms with Crippen molar-refractivity contribution < 1.29 is 48.6 Å². The normalized spacial score (nSPS) is 14.6. The Balaban J connectivity index is 5.39. The van der Waals surface area contributed by atoms with Crippen LogP contribution in [0, 0.1) is 0 Å². The smallest absolute Gasteiger partial charge is 0.326 e. The molecule has 0 saturated heterocycles. The van der Waals surface area contributed by atoms with E-state index in [1.807, 2.05) is 0 Å². The topological polar surface area (TPSA) is 327 Å². The molecule has 0 heterocycles. The summed E-state index contributed by atoms with van der Waals surface area (Å²) in [5.41, 5.74) is 16.6. The van der Waals surface area contributed by atoms with Crippen molar-refractivity contribution in [3.8, 4) is 0 Å². The van der Waals surface area contributed by atoms with E-state index in [9.17, 15) is 43.5 Å². The van der Waals surface area contributed by atoms with Crippen molar-refractivity contribution in [2.24, 2.45) is 17.2 Å². The van der Waals surface area contributed by atoms with E-state index in [0.717, 1.165) is 0 Å². The summed E-state index contributed by atoms with van der Waals surface area (Å²) in [5, 5.41) is 32.5. The zero-order valence-corrected chi connectivity index (χ0v) is 27.1. The molecule has 0 radical (unpaired) electrons. The summed E-state index contributed by atoms with van der Waals surface area (Å²) in [7, 11) is 0. The van der Waals surface area contributed by atoms with E-state index >= 15 is 0 Å². The minimum atomic E-state index is -1.50. The van der Waals surface area contributed by atoms with Gasteiger partial charge in [-0.05, 0) is 78.8 Å². The molecule has 19 heteroatoms. The zero-order valence-electron chi connectivity index (χ0n) is 27.1. The molecule has 0 aliphatic heterocycles. The van der Waals surface area contributed by atoms with Crippen LogP contribution in [0.5, 0.6) is 0 Å². The highest BCUT2D eigenvalue weighted by Gasteiger charge is 2.29. The maximum Gasteiger partial charge on any atom is 0.326 e. The maximum atomic E-state index is 13.0. The third-order valence-electron chi connectivity index (χ3n) is 6.78. The van der Waals surface area contributed by atoms with Gasteiger partial charge in [0.05, 0.1) is 12.6 Å². The molecule has 47 heavy (non-hydrogen) atoms. The van der Waals surface area contributed by atoms with Gasteiger partial charge in [0.2, 0.25) is 35.4 Å². The van der Waals surface area contributed by atoms with E-state index in [-0.39, 0.29) is 19.3 Å². The summed E-state index contributed by atoms with van der Waals surface area (Å²) in [6, 6.07) is -6.82. The molecule has 6 atom stereocenters. The molecule has 0 unspecified atom stereocenters. The lowest BCUT2D eigenvalue weighted by molar-refractivity contribution is -0.143. The number of carbonyl (C=O) groups excluding carboxylic acids is 6. The molecule has 0 aromatic carbocycles. The Morgan fingerprint density at radius 2 is 1.04 bits per heavy atom. The fourth-order valence-corrected chi connectivity index (χ4v) is 3.97. The average Bonchev–Trinajstić information content (AvgIpc) is 3.00. The lowest BCUT2D eigenvalue weighted by Gasteiger charge is -2.23. The minimum Gasteiger partial charge on any atom is -0.481 e. The highest BCUT2D eigenvalue weighted by molar-refractivity contribution is 5.95. The van der Waals surface area contributed by atoms with Crippen molar-refractivity contribution in [2.75, 3.05) is 19.6 Å². The van der Waals surface area contributed by atoms with Gasteiger partial charge in [0.1, 0.15) is 30.2 Å². The molecule has 0 fully saturated rings. The van der Waals surface area contributed by atoms with Gasteiger partial charge in [-0.3, -0.25) is 33.6 Å². The van der Waals surface area contributed by atoms with Crippen LogP contribution >= 0.6 is 0 Å². The largest absolute Gasteiger partial charge is 0.481 e. The fourth-order valence-electron chi connectivity index (χ4n) is 3.97. The average molecular weight is 674 g/mol. The van der Waals surface area contributed by atoms with Crippen molar-refractivity contribution in [3.63, 3.8) is 0 Å². The van der Waals surface area contributed by atoms with Crippen molar-refractivity contribution in [2.45, 2.75) is 108 Å². The van der Waals surface area contributed by atoms with Gasteiger partial charge in [-0.2, -0.15) is 0 Å². The monoisotopic (exact) mass is 673 g/mol. The first-order chi connectivity index (χ1) is 22.0. The summed E-state index contributed by atoms with van der Waals surface area (Å²) in [6.45, 7) is 4.24. The molecular weight excluding hydrogens is 622 g/mol. The van der Waals surface area contributed by atoms with Crippen LogP contribution < -0.4 is 49.1 Å². The number of rotatable bonds is 24. The molecule has 0 saturated carbocycles. The summed E-state index contributed by atoms with van der Waals surface area (Å²) in [5.74, 6) is -7.01. The fraction of sp³-hybridized carbons (Fsp3) is 0.714. The van der Waals surface area contributed by atoms with Gasteiger partial charge in [-0.1, -0.05) is 0 Å². The van der Waals surface area contributed by atoms with E-state index in [0.29, 0.717) is 38.8 Å². The van der Waals surface area contributed by atoms with E-state index in [1.54, 1.807) is 0 Å². The first kappa shape index (κ1) is 42.6. The molecule has 268 valence electrons. The number of nitrogens with one attached hydrogen (secondary N) is 6. The second kappa shape index (κ2) is 23.0. The molecule has 6 amide bonds. The maximum absolute atomic E-state index is 13.0. The van der Waals surface area contributed by atoms with Gasteiger partial charge < -0.3 is 59.3 Å².